The molecule has 1 aromatic carbocycles. The van der Waals surface area contributed by atoms with Crippen LogP contribution in [0.15, 0.2) is 34.9 Å². The molecular weight excluding hydrogens is 452 g/mol. The number of ether oxygens (including phenoxy) is 1. The molecule has 36 heavy (non-hydrogen) atoms. The van der Waals surface area contributed by atoms with Gasteiger partial charge in [0.25, 0.3) is 0 Å². The molecule has 3 heterocycles. The van der Waals surface area contributed by atoms with Crippen molar-refractivity contribution in [2.45, 2.75) is 65.2 Å². The van der Waals surface area contributed by atoms with E-state index in [9.17, 15) is 4.79 Å². The molecule has 1 aromatic heterocycles. The molecule has 2 atom stereocenters. The summed E-state index contributed by atoms with van der Waals surface area (Å²) in [6.45, 7) is 10.8. The van der Waals surface area contributed by atoms with Crippen LogP contribution < -0.4 is 9.64 Å². The van der Waals surface area contributed by atoms with Gasteiger partial charge in [0, 0.05) is 38.0 Å². The molecule has 5 rings (SSSR count). The largest absolute Gasteiger partial charge is 0.493 e. The van der Waals surface area contributed by atoms with Gasteiger partial charge in [0.1, 0.15) is 5.75 Å². The van der Waals surface area contributed by atoms with Gasteiger partial charge in [-0.3, -0.25) is 4.79 Å². The molecule has 2 saturated heterocycles. The Labute approximate surface area is 214 Å². The molecule has 0 radical (unpaired) electrons. The first-order valence-corrected chi connectivity index (χ1v) is 13.8. The van der Waals surface area contributed by atoms with Gasteiger partial charge >= 0.3 is 6.01 Å². The minimum atomic E-state index is 0.158. The monoisotopic (exact) mass is 492 g/mol. The van der Waals surface area contributed by atoms with E-state index >= 15 is 0 Å². The van der Waals surface area contributed by atoms with Crippen molar-refractivity contribution in [1.82, 2.24) is 15.0 Å². The van der Waals surface area contributed by atoms with Crippen molar-refractivity contribution in [3.63, 3.8) is 0 Å². The van der Waals surface area contributed by atoms with Crippen LogP contribution in [0.2, 0.25) is 0 Å². The second kappa shape index (κ2) is 11.1. The van der Waals surface area contributed by atoms with Gasteiger partial charge < -0.3 is 19.1 Å². The summed E-state index contributed by atoms with van der Waals surface area (Å²) in [4.78, 5) is 21.6. The summed E-state index contributed by atoms with van der Waals surface area (Å²) in [6, 6.07) is 9.14. The number of aromatic nitrogens is 2. The van der Waals surface area contributed by atoms with E-state index in [-0.39, 0.29) is 11.8 Å². The fraction of sp³-hybridized carbons (Fsp3) is 0.621. The summed E-state index contributed by atoms with van der Waals surface area (Å²) in [5.74, 6) is 3.67. The Hall–Kier alpha value is -2.83. The van der Waals surface area contributed by atoms with Gasteiger partial charge in [-0.15, -0.1) is 0 Å². The van der Waals surface area contributed by atoms with E-state index in [1.165, 1.54) is 11.1 Å². The quantitative estimate of drug-likeness (QED) is 0.505. The molecule has 194 valence electrons. The van der Waals surface area contributed by atoms with E-state index in [4.69, 9.17) is 9.26 Å². The minimum Gasteiger partial charge on any atom is -0.493 e. The Morgan fingerprint density at radius 1 is 1.11 bits per heavy atom. The number of piperidine rings is 1. The lowest BCUT2D eigenvalue weighted by molar-refractivity contribution is -0.134. The van der Waals surface area contributed by atoms with Gasteiger partial charge in [0.05, 0.1) is 6.61 Å². The summed E-state index contributed by atoms with van der Waals surface area (Å²) in [7, 11) is 0. The Kier molecular flexibility index (Phi) is 7.63. The first-order valence-electron chi connectivity index (χ1n) is 13.8. The zero-order valence-electron chi connectivity index (χ0n) is 22.0. The lowest BCUT2D eigenvalue weighted by Crippen LogP contribution is -2.35. The number of hydrogen-bond acceptors (Lipinski definition) is 6. The van der Waals surface area contributed by atoms with E-state index in [0.29, 0.717) is 23.8 Å². The maximum absolute atomic E-state index is 12.8. The van der Waals surface area contributed by atoms with Crippen molar-refractivity contribution in [2.24, 2.45) is 17.8 Å². The second-order valence-electron chi connectivity index (χ2n) is 11.2. The first kappa shape index (κ1) is 24.8. The number of likely N-dealkylation sites (tertiary alicyclic amines) is 1. The molecule has 7 heteroatoms. The van der Waals surface area contributed by atoms with Crippen LogP contribution in [-0.2, 0) is 4.79 Å². The molecule has 0 saturated carbocycles. The predicted molar refractivity (Wildman–Crippen MR) is 141 cm³/mol. The van der Waals surface area contributed by atoms with E-state index in [1.54, 1.807) is 0 Å². The Morgan fingerprint density at radius 2 is 1.89 bits per heavy atom. The lowest BCUT2D eigenvalue weighted by atomic mass is 9.86. The Morgan fingerprint density at radius 3 is 2.50 bits per heavy atom. The summed E-state index contributed by atoms with van der Waals surface area (Å²) >= 11 is 0. The zero-order chi connectivity index (χ0) is 25.1. The third-order valence-electron chi connectivity index (χ3n) is 8.04. The van der Waals surface area contributed by atoms with Crippen LogP contribution in [0.5, 0.6) is 5.75 Å². The van der Waals surface area contributed by atoms with Crippen molar-refractivity contribution in [2.75, 3.05) is 37.7 Å². The van der Waals surface area contributed by atoms with Crippen LogP contribution in [0, 0.1) is 17.8 Å². The SMILES string of the molecule is CC1CCN(C(=O)C2CC=C(c3ccc(OCC4CCN(c5nc(C(C)C)no5)CC4)cc3)CC2)C1. The third-order valence-corrected chi connectivity index (χ3v) is 8.04. The van der Waals surface area contributed by atoms with Crippen LogP contribution in [0.3, 0.4) is 0 Å². The van der Waals surface area contributed by atoms with E-state index in [1.807, 2.05) is 0 Å². The molecule has 1 aliphatic carbocycles. The smallest absolute Gasteiger partial charge is 0.324 e. The summed E-state index contributed by atoms with van der Waals surface area (Å²) < 4.78 is 11.6. The number of carbonyl (C=O) groups is 1. The van der Waals surface area contributed by atoms with Gasteiger partial charge in [-0.1, -0.05) is 44.1 Å². The predicted octanol–water partition coefficient (Wildman–Crippen LogP) is 5.54. The number of carbonyl (C=O) groups excluding carboxylic acids is 1. The Balaban J connectivity index is 1.06. The van der Waals surface area contributed by atoms with Crippen molar-refractivity contribution < 1.29 is 14.1 Å². The number of benzene rings is 1. The molecule has 0 bridgehead atoms. The first-order chi connectivity index (χ1) is 17.5. The number of allylic oxidation sites excluding steroid dienone is 2. The highest BCUT2D eigenvalue weighted by Gasteiger charge is 2.30. The molecule has 2 fully saturated rings. The van der Waals surface area contributed by atoms with Gasteiger partial charge in [0.2, 0.25) is 5.91 Å². The fourth-order valence-corrected chi connectivity index (χ4v) is 5.57. The van der Waals surface area contributed by atoms with Crippen molar-refractivity contribution >= 4 is 17.5 Å². The van der Waals surface area contributed by atoms with Crippen molar-refractivity contribution in [3.05, 3.63) is 41.7 Å². The standard InChI is InChI=1S/C29H40N4O3/c1-20(2)27-30-29(36-31-27)32-16-13-22(14-17-32)19-35-26-10-8-24(9-11-26)23-4-6-25(7-5-23)28(34)33-15-12-21(3)18-33/h4,8-11,20-22,25H,5-7,12-19H2,1-3H3. The molecule has 2 unspecified atom stereocenters. The van der Waals surface area contributed by atoms with E-state index in [2.05, 4.69) is 71.1 Å². The fourth-order valence-electron chi connectivity index (χ4n) is 5.57. The molecule has 3 aliphatic rings. The second-order valence-corrected chi connectivity index (χ2v) is 11.2. The highest BCUT2D eigenvalue weighted by Crippen LogP contribution is 2.33. The van der Waals surface area contributed by atoms with Crippen LogP contribution in [0.25, 0.3) is 5.57 Å². The normalized spacial score (nSPS) is 23.3. The Bertz CT molecular complexity index is 1050. The average Bonchev–Trinajstić information content (AvgIpc) is 3.58. The van der Waals surface area contributed by atoms with Crippen molar-refractivity contribution in [1.29, 1.82) is 0 Å². The minimum absolute atomic E-state index is 0.158. The van der Waals surface area contributed by atoms with Gasteiger partial charge in [-0.2, -0.15) is 4.98 Å². The average molecular weight is 493 g/mol. The summed E-state index contributed by atoms with van der Waals surface area (Å²) in [5.41, 5.74) is 2.60. The molecule has 1 amide bonds. The van der Waals surface area contributed by atoms with Crippen molar-refractivity contribution in [3.8, 4) is 5.75 Å². The molecule has 2 aromatic rings. The van der Waals surface area contributed by atoms with Crippen LogP contribution in [0.4, 0.5) is 6.01 Å². The highest BCUT2D eigenvalue weighted by molar-refractivity contribution is 5.81. The van der Waals surface area contributed by atoms with Gasteiger partial charge in [-0.05, 0) is 73.6 Å². The van der Waals surface area contributed by atoms with Gasteiger partial charge in [0.15, 0.2) is 5.82 Å². The summed E-state index contributed by atoms with van der Waals surface area (Å²) in [6.07, 6.45) is 8.32. The third kappa shape index (κ3) is 5.76. The molecule has 0 N–H and O–H groups in total. The highest BCUT2D eigenvalue weighted by atomic mass is 16.5. The van der Waals surface area contributed by atoms with Crippen LogP contribution in [0.1, 0.15) is 76.6 Å². The van der Waals surface area contributed by atoms with E-state index < -0.39 is 0 Å². The maximum atomic E-state index is 12.8. The number of hydrogen-bond donors (Lipinski definition) is 0. The number of amides is 1. The van der Waals surface area contributed by atoms with Crippen LogP contribution in [-0.4, -0.2) is 53.7 Å². The molecule has 2 aliphatic heterocycles. The maximum Gasteiger partial charge on any atom is 0.324 e. The lowest BCUT2D eigenvalue weighted by Gasteiger charge is -2.30. The molecule has 7 nitrogen and oxygen atoms in total. The number of rotatable bonds is 7. The van der Waals surface area contributed by atoms with E-state index in [0.717, 1.165) is 82.9 Å². The molecule has 0 spiro atoms. The van der Waals surface area contributed by atoms with Gasteiger partial charge in [-0.25, -0.2) is 0 Å². The molecular formula is C29H40N4O3. The number of anilines is 1. The topological polar surface area (TPSA) is 71.7 Å². The van der Waals surface area contributed by atoms with Crippen LogP contribution >= 0.6 is 0 Å². The zero-order valence-corrected chi connectivity index (χ0v) is 22.0. The summed E-state index contributed by atoms with van der Waals surface area (Å²) in [5, 5.41) is 4.08. The number of nitrogens with zero attached hydrogens (tertiary/aromatic N) is 4.